The molecule has 2 aromatic rings. The van der Waals surface area contributed by atoms with Crippen molar-refractivity contribution in [1.29, 1.82) is 0 Å². The molecule has 0 aliphatic carbocycles. The molecule has 0 aliphatic rings. The molecule has 0 aromatic heterocycles. The molecule has 2 aromatic carbocycles. The summed E-state index contributed by atoms with van der Waals surface area (Å²) in [6.45, 7) is 0.350. The highest BCUT2D eigenvalue weighted by Crippen LogP contribution is 2.24. The number of nitrogens with zero attached hydrogens (tertiary/aromatic N) is 1. The minimum Gasteiger partial charge on any atom is -0.496 e. The van der Waals surface area contributed by atoms with Crippen LogP contribution in [0.15, 0.2) is 51.8 Å². The van der Waals surface area contributed by atoms with E-state index in [4.69, 9.17) is 9.88 Å². The maximum Gasteiger partial charge on any atom is 0.257 e. The molecule has 2 rings (SSSR count). The first-order valence-electron chi connectivity index (χ1n) is 6.93. The van der Waals surface area contributed by atoms with E-state index < -0.39 is 10.0 Å². The predicted molar refractivity (Wildman–Crippen MR) is 94.3 cm³/mol. The van der Waals surface area contributed by atoms with Gasteiger partial charge in [0, 0.05) is 18.1 Å². The summed E-state index contributed by atoms with van der Waals surface area (Å²) < 4.78 is 29.1. The molecule has 0 aliphatic heterocycles. The third-order valence-electron chi connectivity index (χ3n) is 3.44. The number of nitrogens with two attached hydrogens (primary N) is 1. The van der Waals surface area contributed by atoms with E-state index >= 15 is 0 Å². The summed E-state index contributed by atoms with van der Waals surface area (Å²) >= 11 is 3.44. The molecule has 2 N–H and O–H groups in total. The number of rotatable bonds is 5. The van der Waals surface area contributed by atoms with E-state index in [9.17, 15) is 13.2 Å². The van der Waals surface area contributed by atoms with Gasteiger partial charge in [-0.25, -0.2) is 13.6 Å². The fraction of sp³-hybridized carbons (Fsp3) is 0.188. The molecule has 0 unspecified atom stereocenters. The molecule has 6 nitrogen and oxygen atoms in total. The molecule has 24 heavy (non-hydrogen) atoms. The number of amides is 1. The van der Waals surface area contributed by atoms with Crippen LogP contribution < -0.4 is 9.88 Å². The summed E-state index contributed by atoms with van der Waals surface area (Å²) in [5.74, 6) is -0.0838. The topological polar surface area (TPSA) is 89.7 Å². The molecule has 0 saturated heterocycles. The number of carbonyl (C=O) groups is 1. The Morgan fingerprint density at radius 3 is 2.50 bits per heavy atom. The van der Waals surface area contributed by atoms with Gasteiger partial charge in [-0.2, -0.15) is 0 Å². The Kier molecular flexibility index (Phi) is 5.63. The third kappa shape index (κ3) is 4.14. The molecule has 1 amide bonds. The smallest absolute Gasteiger partial charge is 0.257 e. The van der Waals surface area contributed by atoms with E-state index in [1.54, 1.807) is 7.05 Å². The molecule has 8 heteroatoms. The minimum atomic E-state index is -3.91. The minimum absolute atomic E-state index is 0.138. The van der Waals surface area contributed by atoms with Crippen molar-refractivity contribution in [1.82, 2.24) is 4.90 Å². The summed E-state index contributed by atoms with van der Waals surface area (Å²) in [7, 11) is -0.866. The lowest BCUT2D eigenvalue weighted by Crippen LogP contribution is -2.27. The number of methoxy groups -OCH3 is 1. The molecular formula is C16H17BrN2O4S. The van der Waals surface area contributed by atoms with Crippen molar-refractivity contribution >= 4 is 31.9 Å². The molecule has 128 valence electrons. The lowest BCUT2D eigenvalue weighted by molar-refractivity contribution is 0.0781. The summed E-state index contributed by atoms with van der Waals surface area (Å²) in [5, 5.41) is 5.14. The van der Waals surface area contributed by atoms with E-state index in [2.05, 4.69) is 15.9 Å². The normalized spacial score (nSPS) is 11.2. The van der Waals surface area contributed by atoms with Gasteiger partial charge in [0.05, 0.1) is 17.6 Å². The van der Waals surface area contributed by atoms with Gasteiger partial charge in [0.1, 0.15) is 5.75 Å². The maximum atomic E-state index is 12.7. The molecule has 0 bridgehead atoms. The second-order valence-electron chi connectivity index (χ2n) is 5.16. The number of carbonyl (C=O) groups excluding carboxylic acids is 1. The van der Waals surface area contributed by atoms with Crippen molar-refractivity contribution in [3.05, 3.63) is 58.1 Å². The zero-order valence-electron chi connectivity index (χ0n) is 13.2. The highest BCUT2D eigenvalue weighted by Gasteiger charge is 2.20. The summed E-state index contributed by atoms with van der Waals surface area (Å²) in [4.78, 5) is 14.1. The van der Waals surface area contributed by atoms with Crippen molar-refractivity contribution < 1.29 is 17.9 Å². The number of hydrogen-bond acceptors (Lipinski definition) is 4. The Morgan fingerprint density at radius 2 is 1.92 bits per heavy atom. The number of halogens is 1. The standard InChI is InChI=1S/C16H17BrN2O4S/c1-19(10-11-5-3-4-6-14(11)17)16(20)13-9-12(24(18,21)22)7-8-15(13)23-2/h3-9H,10H2,1-2H3,(H2,18,21,22). The van der Waals surface area contributed by atoms with Crippen LogP contribution in [0.1, 0.15) is 15.9 Å². The molecule has 0 heterocycles. The Labute approximate surface area is 149 Å². The molecule has 0 saturated carbocycles. The Balaban J connectivity index is 2.36. The van der Waals surface area contributed by atoms with Crippen molar-refractivity contribution in [2.24, 2.45) is 5.14 Å². The van der Waals surface area contributed by atoms with E-state index in [1.165, 1.54) is 30.2 Å². The highest BCUT2D eigenvalue weighted by atomic mass is 79.9. The Hall–Kier alpha value is -1.90. The van der Waals surface area contributed by atoms with Crippen LogP contribution in [0.5, 0.6) is 5.75 Å². The van der Waals surface area contributed by atoms with Crippen molar-refractivity contribution in [2.75, 3.05) is 14.2 Å². The van der Waals surface area contributed by atoms with Crippen LogP contribution in [0.3, 0.4) is 0 Å². The lowest BCUT2D eigenvalue weighted by Gasteiger charge is -2.20. The van der Waals surface area contributed by atoms with Gasteiger partial charge in [0.15, 0.2) is 0 Å². The largest absolute Gasteiger partial charge is 0.496 e. The Bertz CT molecular complexity index is 868. The average Bonchev–Trinajstić information content (AvgIpc) is 2.54. The van der Waals surface area contributed by atoms with E-state index in [0.29, 0.717) is 6.54 Å². The zero-order valence-corrected chi connectivity index (χ0v) is 15.6. The Morgan fingerprint density at radius 1 is 1.25 bits per heavy atom. The van der Waals surface area contributed by atoms with Crippen LogP contribution in [-0.2, 0) is 16.6 Å². The second-order valence-corrected chi connectivity index (χ2v) is 7.58. The number of primary sulfonamides is 1. The summed E-state index contributed by atoms with van der Waals surface area (Å²) in [5.41, 5.74) is 1.06. The summed E-state index contributed by atoms with van der Waals surface area (Å²) in [6.07, 6.45) is 0. The number of sulfonamides is 1. The van der Waals surface area contributed by atoms with Crippen molar-refractivity contribution in [3.63, 3.8) is 0 Å². The summed E-state index contributed by atoms with van der Waals surface area (Å²) in [6, 6.07) is 11.5. The first-order valence-corrected chi connectivity index (χ1v) is 9.27. The monoisotopic (exact) mass is 412 g/mol. The van der Waals surface area contributed by atoms with Crippen molar-refractivity contribution in [3.8, 4) is 5.75 Å². The van der Waals surface area contributed by atoms with Gasteiger partial charge < -0.3 is 9.64 Å². The third-order valence-corrected chi connectivity index (χ3v) is 5.13. The number of benzene rings is 2. The number of ether oxygens (including phenoxy) is 1. The van der Waals surface area contributed by atoms with Gasteiger partial charge in [-0.15, -0.1) is 0 Å². The SMILES string of the molecule is COc1ccc(S(N)(=O)=O)cc1C(=O)N(C)Cc1ccccc1Br. The molecule has 0 spiro atoms. The zero-order chi connectivity index (χ0) is 17.9. The second kappa shape index (κ2) is 7.33. The van der Waals surface area contributed by atoms with Crippen LogP contribution in [0.25, 0.3) is 0 Å². The first kappa shape index (κ1) is 18.4. The quantitative estimate of drug-likeness (QED) is 0.815. The molecule has 0 fully saturated rings. The number of hydrogen-bond donors (Lipinski definition) is 1. The van der Waals surface area contributed by atoms with Crippen LogP contribution in [0.2, 0.25) is 0 Å². The first-order chi connectivity index (χ1) is 11.2. The highest BCUT2D eigenvalue weighted by molar-refractivity contribution is 9.10. The van der Waals surface area contributed by atoms with Gasteiger partial charge in [0.2, 0.25) is 10.0 Å². The van der Waals surface area contributed by atoms with Gasteiger partial charge in [-0.05, 0) is 29.8 Å². The van der Waals surface area contributed by atoms with E-state index in [0.717, 1.165) is 10.0 Å². The molecule has 0 radical (unpaired) electrons. The van der Waals surface area contributed by atoms with Crippen LogP contribution in [-0.4, -0.2) is 33.4 Å². The van der Waals surface area contributed by atoms with Gasteiger partial charge in [-0.3, -0.25) is 4.79 Å². The van der Waals surface area contributed by atoms with Gasteiger partial charge in [0.25, 0.3) is 5.91 Å². The average molecular weight is 413 g/mol. The van der Waals surface area contributed by atoms with Crippen LogP contribution in [0.4, 0.5) is 0 Å². The fourth-order valence-electron chi connectivity index (χ4n) is 2.19. The van der Waals surface area contributed by atoms with Crippen LogP contribution >= 0.6 is 15.9 Å². The van der Waals surface area contributed by atoms with E-state index in [-0.39, 0.29) is 22.1 Å². The van der Waals surface area contributed by atoms with Crippen LogP contribution in [0, 0.1) is 0 Å². The van der Waals surface area contributed by atoms with Gasteiger partial charge >= 0.3 is 0 Å². The molecule has 0 atom stereocenters. The van der Waals surface area contributed by atoms with Gasteiger partial charge in [-0.1, -0.05) is 34.1 Å². The predicted octanol–water partition coefficient (Wildman–Crippen LogP) is 2.38. The van der Waals surface area contributed by atoms with E-state index in [1.807, 2.05) is 24.3 Å². The molecular weight excluding hydrogens is 396 g/mol. The van der Waals surface area contributed by atoms with Crippen molar-refractivity contribution in [2.45, 2.75) is 11.4 Å². The maximum absolute atomic E-state index is 12.7. The fourth-order valence-corrected chi connectivity index (χ4v) is 3.14. The lowest BCUT2D eigenvalue weighted by atomic mass is 10.1.